The fourth-order valence-corrected chi connectivity index (χ4v) is 3.82. The average Bonchev–Trinajstić information content (AvgIpc) is 2.83. The number of rotatable bonds is 7. The van der Waals surface area contributed by atoms with Gasteiger partial charge < -0.3 is 29.3 Å². The topological polar surface area (TPSA) is 98.3 Å². The lowest BCUT2D eigenvalue weighted by atomic mass is 10.1. The zero-order valence-corrected chi connectivity index (χ0v) is 19.7. The van der Waals surface area contributed by atoms with Crippen LogP contribution in [0.5, 0.6) is 5.88 Å². The number of halogens is 2. The van der Waals surface area contributed by atoms with Crippen LogP contribution in [0.15, 0.2) is 24.5 Å². The highest BCUT2D eigenvalue weighted by atomic mass is 19.1. The molecule has 10 nitrogen and oxygen atoms in total. The summed E-state index contributed by atoms with van der Waals surface area (Å²) in [5.41, 5.74) is 0.166. The quantitative estimate of drug-likeness (QED) is 0.576. The number of piperidine rings is 1. The van der Waals surface area contributed by atoms with Crippen LogP contribution in [0.2, 0.25) is 0 Å². The number of morpholine rings is 1. The van der Waals surface area contributed by atoms with Gasteiger partial charge in [0.05, 0.1) is 30.7 Å². The first-order valence-corrected chi connectivity index (χ1v) is 11.6. The molecule has 0 radical (unpaired) electrons. The summed E-state index contributed by atoms with van der Waals surface area (Å²) in [4.78, 5) is 26.7. The number of hydrogen-bond acceptors (Lipinski definition) is 10. The van der Waals surface area contributed by atoms with E-state index in [0.717, 1.165) is 6.07 Å². The fraction of sp³-hybridized carbons (Fsp3) is 0.522. The number of hydrogen-bond donors (Lipinski definition) is 1. The number of nitrogens with zero attached hydrogens (tertiary/aromatic N) is 4. The van der Waals surface area contributed by atoms with Gasteiger partial charge in [-0.15, -0.1) is 5.06 Å². The normalized spacial score (nSPS) is 17.3. The molecule has 2 aliphatic heterocycles. The summed E-state index contributed by atoms with van der Waals surface area (Å²) < 4.78 is 45.6. The van der Waals surface area contributed by atoms with Crippen LogP contribution in [-0.4, -0.2) is 72.8 Å². The number of anilines is 3. The van der Waals surface area contributed by atoms with E-state index in [4.69, 9.17) is 19.0 Å². The molecule has 1 N–H and O–H groups in total. The van der Waals surface area contributed by atoms with E-state index in [2.05, 4.69) is 15.3 Å². The first kappa shape index (κ1) is 24.9. The minimum absolute atomic E-state index is 0.0390. The molecule has 1 aromatic heterocycles. The minimum Gasteiger partial charge on any atom is -0.474 e. The summed E-state index contributed by atoms with van der Waals surface area (Å²) in [7, 11) is 0. The lowest BCUT2D eigenvalue weighted by Crippen LogP contribution is -2.40. The van der Waals surface area contributed by atoms with Crippen LogP contribution in [-0.2, 0) is 14.3 Å². The summed E-state index contributed by atoms with van der Waals surface area (Å²) >= 11 is 0. The Kier molecular flexibility index (Phi) is 8.13. The Morgan fingerprint density at radius 2 is 1.83 bits per heavy atom. The van der Waals surface area contributed by atoms with Crippen molar-refractivity contribution in [1.82, 2.24) is 15.0 Å². The first-order chi connectivity index (χ1) is 16.9. The molecule has 12 heteroatoms. The number of ether oxygens (including phenoxy) is 3. The van der Waals surface area contributed by atoms with E-state index in [-0.39, 0.29) is 29.4 Å². The maximum absolute atomic E-state index is 14.7. The predicted molar refractivity (Wildman–Crippen MR) is 123 cm³/mol. The largest absolute Gasteiger partial charge is 0.528 e. The van der Waals surface area contributed by atoms with Crippen molar-refractivity contribution in [1.29, 1.82) is 0 Å². The summed E-state index contributed by atoms with van der Waals surface area (Å²) in [5.74, 6) is -0.568. The van der Waals surface area contributed by atoms with E-state index in [1.165, 1.54) is 23.5 Å². The highest BCUT2D eigenvalue weighted by molar-refractivity contribution is 5.63. The molecule has 0 bridgehead atoms. The Hall–Kier alpha value is -3.25. The van der Waals surface area contributed by atoms with Gasteiger partial charge in [0.1, 0.15) is 29.9 Å². The second-order valence-electron chi connectivity index (χ2n) is 8.50. The van der Waals surface area contributed by atoms with Gasteiger partial charge in [0.15, 0.2) is 0 Å². The predicted octanol–water partition coefficient (Wildman–Crippen LogP) is 3.65. The zero-order valence-electron chi connectivity index (χ0n) is 19.7. The van der Waals surface area contributed by atoms with E-state index in [9.17, 15) is 13.6 Å². The Morgan fingerprint density at radius 3 is 2.54 bits per heavy atom. The second kappa shape index (κ2) is 11.5. The van der Waals surface area contributed by atoms with E-state index < -0.39 is 17.8 Å². The molecule has 0 unspecified atom stereocenters. The Balaban J connectivity index is 1.33. The molecule has 0 atom stereocenters. The van der Waals surface area contributed by atoms with Gasteiger partial charge in [-0.25, -0.2) is 23.5 Å². The van der Waals surface area contributed by atoms with Gasteiger partial charge in [-0.2, -0.15) is 0 Å². The van der Waals surface area contributed by atoms with Gasteiger partial charge in [0.2, 0.25) is 5.88 Å². The molecule has 4 rings (SSSR count). The van der Waals surface area contributed by atoms with Crippen LogP contribution in [0.4, 0.5) is 30.8 Å². The third kappa shape index (κ3) is 6.89. The van der Waals surface area contributed by atoms with Gasteiger partial charge in [-0.05, 0) is 13.8 Å². The zero-order chi connectivity index (χ0) is 24.8. The number of nitrogens with one attached hydrogen (secondary N) is 1. The Bertz CT molecular complexity index is 1010. The van der Waals surface area contributed by atoms with Gasteiger partial charge in [0.25, 0.3) is 0 Å². The third-order valence-corrected chi connectivity index (χ3v) is 5.52. The van der Waals surface area contributed by atoms with Crippen LogP contribution >= 0.6 is 0 Å². The molecular weight excluding hydrogens is 464 g/mol. The van der Waals surface area contributed by atoms with Crippen molar-refractivity contribution < 1.29 is 32.6 Å². The smallest absolute Gasteiger partial charge is 0.474 e. The summed E-state index contributed by atoms with van der Waals surface area (Å²) in [6, 6.07) is 3.81. The number of carbonyl (C=O) groups excluding carboxylic acids is 1. The fourth-order valence-electron chi connectivity index (χ4n) is 3.82. The van der Waals surface area contributed by atoms with Crippen LogP contribution < -0.4 is 15.0 Å². The van der Waals surface area contributed by atoms with Crippen LogP contribution in [0.3, 0.4) is 0 Å². The molecule has 0 amide bonds. The molecule has 190 valence electrons. The molecule has 0 aliphatic carbocycles. The van der Waals surface area contributed by atoms with Gasteiger partial charge >= 0.3 is 6.16 Å². The highest BCUT2D eigenvalue weighted by Gasteiger charge is 2.25. The molecule has 2 aliphatic rings. The lowest BCUT2D eigenvalue weighted by molar-refractivity contribution is -0.151. The van der Waals surface area contributed by atoms with Crippen molar-refractivity contribution in [3.05, 3.63) is 36.2 Å². The summed E-state index contributed by atoms with van der Waals surface area (Å²) in [6.07, 6.45) is 1.36. The SMILES string of the molecule is CC(C)OC(=O)ON1CCC(Oc2cc(Nc3cc(F)c(N4CCOCC4)cc3F)ncn2)CC1. The molecule has 2 fully saturated rings. The number of hydroxylamine groups is 2. The Labute approximate surface area is 202 Å². The molecular formula is C23H29F2N5O5. The maximum atomic E-state index is 14.7. The van der Waals surface area contributed by atoms with Crippen molar-refractivity contribution >= 4 is 23.3 Å². The summed E-state index contributed by atoms with van der Waals surface area (Å²) in [5, 5.41) is 4.33. The van der Waals surface area contributed by atoms with Crippen LogP contribution in [0.1, 0.15) is 26.7 Å². The third-order valence-electron chi connectivity index (χ3n) is 5.52. The molecule has 0 spiro atoms. The second-order valence-corrected chi connectivity index (χ2v) is 8.50. The van der Waals surface area contributed by atoms with E-state index in [1.807, 2.05) is 0 Å². The first-order valence-electron chi connectivity index (χ1n) is 11.6. The summed E-state index contributed by atoms with van der Waals surface area (Å²) in [6.45, 7) is 6.41. The van der Waals surface area contributed by atoms with Gasteiger partial charge in [-0.1, -0.05) is 0 Å². The number of benzene rings is 1. The van der Waals surface area contributed by atoms with Gasteiger partial charge in [0, 0.05) is 57.2 Å². The average molecular weight is 494 g/mol. The van der Waals surface area contributed by atoms with Crippen LogP contribution in [0.25, 0.3) is 0 Å². The molecule has 2 saturated heterocycles. The molecule has 1 aromatic carbocycles. The van der Waals surface area contributed by atoms with Crippen molar-refractivity contribution in [2.45, 2.75) is 38.9 Å². The molecule has 0 saturated carbocycles. The maximum Gasteiger partial charge on any atom is 0.528 e. The van der Waals surface area contributed by atoms with Crippen molar-refractivity contribution in [2.24, 2.45) is 0 Å². The van der Waals surface area contributed by atoms with Crippen LogP contribution in [0, 0.1) is 11.6 Å². The minimum atomic E-state index is -0.729. The highest BCUT2D eigenvalue weighted by Crippen LogP contribution is 2.29. The molecule has 35 heavy (non-hydrogen) atoms. The van der Waals surface area contributed by atoms with E-state index >= 15 is 0 Å². The number of aromatic nitrogens is 2. The lowest BCUT2D eigenvalue weighted by Gasteiger charge is -2.30. The van der Waals surface area contributed by atoms with Crippen molar-refractivity contribution in [3.8, 4) is 5.88 Å². The molecule has 3 heterocycles. The van der Waals surface area contributed by atoms with Gasteiger partial charge in [-0.3, -0.25) is 0 Å². The van der Waals surface area contributed by atoms with E-state index in [0.29, 0.717) is 58.1 Å². The number of carbonyl (C=O) groups is 1. The Morgan fingerprint density at radius 1 is 1.09 bits per heavy atom. The standard InChI is InChI=1S/C23H29F2N5O5/c1-15(2)33-23(31)35-30-5-3-16(4-6-30)34-22-13-21(26-14-27-22)28-19-11-18(25)20(12-17(19)24)29-7-9-32-10-8-29/h11-16H,3-10H2,1-2H3,(H,26,27,28). The van der Waals surface area contributed by atoms with Crippen molar-refractivity contribution in [3.63, 3.8) is 0 Å². The molecule has 2 aromatic rings. The monoisotopic (exact) mass is 493 g/mol. The van der Waals surface area contributed by atoms with E-state index in [1.54, 1.807) is 18.7 Å². The van der Waals surface area contributed by atoms with Crippen molar-refractivity contribution in [2.75, 3.05) is 49.6 Å².